The number of anilines is 1. The summed E-state index contributed by atoms with van der Waals surface area (Å²) in [6, 6.07) is 12.0. The molecule has 4 aromatic rings. The second-order valence-electron chi connectivity index (χ2n) is 12.0. The van der Waals surface area contributed by atoms with E-state index in [0.29, 0.717) is 43.2 Å². The summed E-state index contributed by atoms with van der Waals surface area (Å²) in [7, 11) is 1.83. The van der Waals surface area contributed by atoms with Gasteiger partial charge in [-0.3, -0.25) is 19.7 Å². The van der Waals surface area contributed by atoms with Gasteiger partial charge in [0, 0.05) is 85.6 Å². The minimum atomic E-state index is -0.501. The number of aromatic nitrogens is 3. The Morgan fingerprint density at radius 1 is 1.07 bits per heavy atom. The van der Waals surface area contributed by atoms with E-state index in [1.165, 1.54) is 11.6 Å². The molecule has 1 aliphatic heterocycles. The molecule has 43 heavy (non-hydrogen) atoms. The van der Waals surface area contributed by atoms with E-state index in [4.69, 9.17) is 4.74 Å². The number of ether oxygens (including phenoxy) is 1. The molecule has 0 radical (unpaired) electrons. The lowest BCUT2D eigenvalue weighted by Crippen LogP contribution is -2.48. The summed E-state index contributed by atoms with van der Waals surface area (Å²) in [4.78, 5) is 27.7. The summed E-state index contributed by atoms with van der Waals surface area (Å²) in [6.45, 7) is 7.97. The summed E-state index contributed by atoms with van der Waals surface area (Å²) >= 11 is 0. The number of pyridine rings is 3. The van der Waals surface area contributed by atoms with Crippen LogP contribution in [0.15, 0.2) is 59.8 Å². The highest BCUT2D eigenvalue weighted by atomic mass is 19.1. The van der Waals surface area contributed by atoms with Crippen molar-refractivity contribution in [2.45, 2.75) is 64.7 Å². The van der Waals surface area contributed by atoms with Crippen molar-refractivity contribution in [1.82, 2.24) is 24.8 Å². The number of nitrogens with one attached hydrogen (secondary N) is 1. The van der Waals surface area contributed by atoms with Crippen molar-refractivity contribution < 1.29 is 9.13 Å². The van der Waals surface area contributed by atoms with E-state index in [9.17, 15) is 4.79 Å². The van der Waals surface area contributed by atoms with E-state index in [0.717, 1.165) is 61.4 Å². The fraction of sp³-hybridized carbons (Fsp3) is 0.441. The van der Waals surface area contributed by atoms with Crippen molar-refractivity contribution in [2.75, 3.05) is 38.2 Å². The molecule has 1 unspecified atom stereocenters. The maximum Gasteiger partial charge on any atom is 0.193 e. The Hall–Kier alpha value is -3.82. The van der Waals surface area contributed by atoms with Crippen LogP contribution in [0.1, 0.15) is 54.2 Å². The number of piperidine rings is 1. The summed E-state index contributed by atoms with van der Waals surface area (Å²) < 4.78 is 23.1. The first-order valence-corrected chi connectivity index (χ1v) is 15.4. The highest BCUT2D eigenvalue weighted by Gasteiger charge is 2.30. The highest BCUT2D eigenvalue weighted by molar-refractivity contribution is 5.81. The number of benzene rings is 1. The highest BCUT2D eigenvalue weighted by Crippen LogP contribution is 2.38. The molecule has 3 aromatic heterocycles. The summed E-state index contributed by atoms with van der Waals surface area (Å²) in [5, 5.41) is 3.43. The van der Waals surface area contributed by atoms with Crippen LogP contribution in [0.5, 0.6) is 5.75 Å². The number of nitrogens with zero attached hydrogens (tertiary/aromatic N) is 5. The number of aryl methyl sites for hydroxylation is 2. The molecule has 8 nitrogen and oxygen atoms in total. The van der Waals surface area contributed by atoms with Crippen LogP contribution in [0, 0.1) is 19.7 Å². The van der Waals surface area contributed by atoms with Crippen LogP contribution in [0.3, 0.4) is 0 Å². The molecular formula is C34H41FN6O2. The Labute approximate surface area is 252 Å². The van der Waals surface area contributed by atoms with Gasteiger partial charge in [0.1, 0.15) is 6.61 Å². The number of rotatable bonds is 11. The summed E-state index contributed by atoms with van der Waals surface area (Å²) in [5.74, 6) is -0.314. The normalized spacial score (nSPS) is 17.1. The average molecular weight is 585 g/mol. The van der Waals surface area contributed by atoms with Crippen LogP contribution in [-0.2, 0) is 13.1 Å². The standard InChI is InChI=1S/C34H41FN6O2/c1-23-6-7-28(18-38-23)39-13-4-5-29(22-39)40(19-25-10-11-37-24(2)15-25)20-26-21-41(27-8-9-27)32-17-33(43-14-12-36-3)31(35)16-30(32)34(26)42/h6-7,10-11,15-18,21,27,29,36H,4-5,8-9,12-14,19-20,22H2,1-3H3. The van der Waals surface area contributed by atoms with Crippen LogP contribution < -0.4 is 20.4 Å². The molecule has 1 atom stereocenters. The lowest BCUT2D eigenvalue weighted by atomic mass is 10.0. The van der Waals surface area contributed by atoms with Gasteiger partial charge in [-0.05, 0) is 82.5 Å². The van der Waals surface area contributed by atoms with Gasteiger partial charge in [0.25, 0.3) is 0 Å². The first-order chi connectivity index (χ1) is 20.9. The number of hydrogen-bond donors (Lipinski definition) is 1. The van der Waals surface area contributed by atoms with Crippen molar-refractivity contribution in [3.63, 3.8) is 0 Å². The number of halogens is 1. The largest absolute Gasteiger partial charge is 0.489 e. The summed E-state index contributed by atoms with van der Waals surface area (Å²) in [6.07, 6.45) is 10.0. The minimum absolute atomic E-state index is 0.112. The molecular weight excluding hydrogens is 543 g/mol. The van der Waals surface area contributed by atoms with Gasteiger partial charge in [-0.15, -0.1) is 0 Å². The quantitative estimate of drug-likeness (QED) is 0.244. The van der Waals surface area contributed by atoms with Gasteiger partial charge < -0.3 is 19.5 Å². The molecule has 0 spiro atoms. The zero-order chi connectivity index (χ0) is 29.9. The molecule has 1 N–H and O–H groups in total. The molecule has 1 aliphatic carbocycles. The Morgan fingerprint density at radius 2 is 1.93 bits per heavy atom. The Balaban J connectivity index is 1.35. The predicted octanol–water partition coefficient (Wildman–Crippen LogP) is 5.15. The average Bonchev–Trinajstić information content (AvgIpc) is 3.85. The fourth-order valence-corrected chi connectivity index (χ4v) is 6.15. The zero-order valence-corrected chi connectivity index (χ0v) is 25.4. The maximum absolute atomic E-state index is 15.2. The third kappa shape index (κ3) is 6.73. The molecule has 1 saturated heterocycles. The zero-order valence-electron chi connectivity index (χ0n) is 25.4. The molecule has 0 bridgehead atoms. The van der Waals surface area contributed by atoms with E-state index in [2.05, 4.69) is 53.9 Å². The topological polar surface area (TPSA) is 75.5 Å². The molecule has 2 aliphatic rings. The van der Waals surface area contributed by atoms with Crippen LogP contribution in [0.4, 0.5) is 10.1 Å². The molecule has 6 rings (SSSR count). The maximum atomic E-state index is 15.2. The molecule has 0 amide bonds. The second-order valence-corrected chi connectivity index (χ2v) is 12.0. The van der Waals surface area contributed by atoms with E-state index in [-0.39, 0.29) is 17.2 Å². The Morgan fingerprint density at radius 3 is 2.67 bits per heavy atom. The van der Waals surface area contributed by atoms with E-state index in [1.54, 1.807) is 6.07 Å². The number of likely N-dealkylation sites (N-methyl/N-ethyl adjacent to an activating group) is 1. The lowest BCUT2D eigenvalue weighted by molar-refractivity contribution is 0.158. The molecule has 1 saturated carbocycles. The Bertz CT molecular complexity index is 1640. The van der Waals surface area contributed by atoms with Crippen molar-refractivity contribution >= 4 is 16.6 Å². The first-order valence-electron chi connectivity index (χ1n) is 15.4. The predicted molar refractivity (Wildman–Crippen MR) is 168 cm³/mol. The van der Waals surface area contributed by atoms with Crippen LogP contribution in [-0.4, -0.2) is 58.8 Å². The number of hydrogen-bond acceptors (Lipinski definition) is 7. The van der Waals surface area contributed by atoms with Gasteiger partial charge in [-0.2, -0.15) is 0 Å². The van der Waals surface area contributed by atoms with Crippen LogP contribution in [0.25, 0.3) is 10.9 Å². The van der Waals surface area contributed by atoms with Crippen LogP contribution in [0.2, 0.25) is 0 Å². The Kier molecular flexibility index (Phi) is 8.72. The minimum Gasteiger partial charge on any atom is -0.489 e. The van der Waals surface area contributed by atoms with Crippen molar-refractivity contribution in [1.29, 1.82) is 0 Å². The van der Waals surface area contributed by atoms with Gasteiger partial charge in [0.05, 0.1) is 17.4 Å². The monoisotopic (exact) mass is 584 g/mol. The molecule has 2 fully saturated rings. The van der Waals surface area contributed by atoms with E-state index >= 15 is 4.39 Å². The molecule has 4 heterocycles. The number of fused-ring (bicyclic) bond motifs is 1. The summed E-state index contributed by atoms with van der Waals surface area (Å²) in [5.41, 5.74) is 5.59. The van der Waals surface area contributed by atoms with Gasteiger partial charge in [0.15, 0.2) is 17.0 Å². The SMILES string of the molecule is CNCCOc1cc2c(cc1F)c(=O)c(CN(Cc1ccnc(C)c1)C1CCCN(c3ccc(C)nc3)C1)cn2C1CC1. The molecule has 9 heteroatoms. The van der Waals surface area contributed by atoms with Gasteiger partial charge >= 0.3 is 0 Å². The van der Waals surface area contributed by atoms with E-state index < -0.39 is 5.82 Å². The van der Waals surface area contributed by atoms with Gasteiger partial charge in [-0.1, -0.05) is 0 Å². The second kappa shape index (κ2) is 12.8. The fourth-order valence-electron chi connectivity index (χ4n) is 6.15. The van der Waals surface area contributed by atoms with Crippen molar-refractivity contribution in [3.05, 3.63) is 93.5 Å². The molecule has 226 valence electrons. The van der Waals surface area contributed by atoms with Crippen molar-refractivity contribution in [3.8, 4) is 5.75 Å². The molecule has 1 aromatic carbocycles. The van der Waals surface area contributed by atoms with Gasteiger partial charge in [-0.25, -0.2) is 4.39 Å². The smallest absolute Gasteiger partial charge is 0.193 e. The lowest BCUT2D eigenvalue weighted by Gasteiger charge is -2.40. The first kappa shape index (κ1) is 29.3. The third-order valence-electron chi connectivity index (χ3n) is 8.60. The van der Waals surface area contributed by atoms with Crippen LogP contribution >= 0.6 is 0 Å². The van der Waals surface area contributed by atoms with Crippen molar-refractivity contribution in [2.24, 2.45) is 0 Å². The van der Waals surface area contributed by atoms with E-state index in [1.807, 2.05) is 39.5 Å². The van der Waals surface area contributed by atoms with Gasteiger partial charge in [0.2, 0.25) is 0 Å². The third-order valence-corrected chi connectivity index (χ3v) is 8.60.